The lowest BCUT2D eigenvalue weighted by Gasteiger charge is -2.20. The minimum Gasteiger partial charge on any atom is -0.494 e. The fourth-order valence-electron chi connectivity index (χ4n) is 3.82. The standard InChI is InChI=1S/C22H23NO2/c1-2-25-21-12-11-15-7-3-5-9-17(15)19(21)14-23-22-18-10-6-4-8-16(18)13-20(22)24/h3-12,20,22-24H,2,13-14H2,1H3/t20-,22+/m0/s1. The van der Waals surface area contributed by atoms with Gasteiger partial charge in [-0.1, -0.05) is 54.6 Å². The number of ether oxygens (including phenoxy) is 1. The number of aliphatic hydroxyl groups is 1. The van der Waals surface area contributed by atoms with Gasteiger partial charge in [-0.05, 0) is 34.9 Å². The first-order valence-corrected chi connectivity index (χ1v) is 8.90. The first-order chi connectivity index (χ1) is 12.3. The summed E-state index contributed by atoms with van der Waals surface area (Å²) in [5.41, 5.74) is 3.58. The highest BCUT2D eigenvalue weighted by atomic mass is 16.5. The summed E-state index contributed by atoms with van der Waals surface area (Å²) in [5.74, 6) is 0.912. The molecule has 2 atom stereocenters. The predicted octanol–water partition coefficient (Wildman–Crippen LogP) is 3.99. The van der Waals surface area contributed by atoms with Crippen molar-refractivity contribution in [2.45, 2.75) is 32.0 Å². The number of fused-ring (bicyclic) bond motifs is 2. The van der Waals surface area contributed by atoms with Crippen LogP contribution in [0.1, 0.15) is 29.7 Å². The molecule has 3 aromatic carbocycles. The second-order valence-electron chi connectivity index (χ2n) is 6.53. The van der Waals surface area contributed by atoms with Gasteiger partial charge in [0.1, 0.15) is 5.75 Å². The maximum absolute atomic E-state index is 10.5. The van der Waals surface area contributed by atoms with Gasteiger partial charge in [-0.25, -0.2) is 0 Å². The van der Waals surface area contributed by atoms with Crippen molar-refractivity contribution in [1.82, 2.24) is 5.32 Å². The molecule has 1 aliphatic carbocycles. The third kappa shape index (κ3) is 3.01. The van der Waals surface area contributed by atoms with Crippen molar-refractivity contribution in [2.24, 2.45) is 0 Å². The zero-order chi connectivity index (χ0) is 17.2. The highest BCUT2D eigenvalue weighted by molar-refractivity contribution is 5.87. The third-order valence-electron chi connectivity index (χ3n) is 5.00. The van der Waals surface area contributed by atoms with Crippen LogP contribution in [0.2, 0.25) is 0 Å². The number of aliphatic hydroxyl groups excluding tert-OH is 1. The van der Waals surface area contributed by atoms with E-state index >= 15 is 0 Å². The van der Waals surface area contributed by atoms with Crippen LogP contribution in [-0.2, 0) is 13.0 Å². The van der Waals surface area contributed by atoms with E-state index in [9.17, 15) is 5.11 Å². The molecule has 0 saturated heterocycles. The SMILES string of the molecule is CCOc1ccc2ccccc2c1CN[C@@H]1c2ccccc2C[C@@H]1O. The zero-order valence-electron chi connectivity index (χ0n) is 14.4. The molecule has 0 amide bonds. The minimum atomic E-state index is -0.386. The summed E-state index contributed by atoms with van der Waals surface area (Å²) in [6, 6.07) is 20.7. The molecule has 128 valence electrons. The lowest BCUT2D eigenvalue weighted by molar-refractivity contribution is 0.140. The van der Waals surface area contributed by atoms with Gasteiger partial charge in [-0.15, -0.1) is 0 Å². The quantitative estimate of drug-likeness (QED) is 0.742. The molecule has 0 bridgehead atoms. The van der Waals surface area contributed by atoms with Gasteiger partial charge < -0.3 is 15.2 Å². The van der Waals surface area contributed by atoms with Gasteiger partial charge in [0.05, 0.1) is 18.8 Å². The molecule has 0 fully saturated rings. The Labute approximate surface area is 148 Å². The summed E-state index contributed by atoms with van der Waals surface area (Å²) in [6.45, 7) is 3.30. The Morgan fingerprint density at radius 2 is 1.84 bits per heavy atom. The molecule has 3 nitrogen and oxygen atoms in total. The van der Waals surface area contributed by atoms with E-state index in [1.807, 2.05) is 25.1 Å². The van der Waals surface area contributed by atoms with E-state index in [4.69, 9.17) is 4.74 Å². The van der Waals surface area contributed by atoms with Gasteiger partial charge in [0.2, 0.25) is 0 Å². The molecule has 1 aliphatic rings. The summed E-state index contributed by atoms with van der Waals surface area (Å²) < 4.78 is 5.85. The van der Waals surface area contributed by atoms with E-state index in [1.54, 1.807) is 0 Å². The number of hydrogen-bond acceptors (Lipinski definition) is 3. The van der Waals surface area contributed by atoms with Gasteiger partial charge in [-0.2, -0.15) is 0 Å². The Hall–Kier alpha value is -2.36. The van der Waals surface area contributed by atoms with Crippen LogP contribution in [0.25, 0.3) is 10.8 Å². The van der Waals surface area contributed by atoms with Crippen LogP contribution in [0, 0.1) is 0 Å². The molecule has 0 radical (unpaired) electrons. The molecular formula is C22H23NO2. The van der Waals surface area contributed by atoms with Crippen molar-refractivity contribution in [3.8, 4) is 5.75 Å². The van der Waals surface area contributed by atoms with E-state index in [0.717, 1.165) is 11.3 Å². The highest BCUT2D eigenvalue weighted by Crippen LogP contribution is 2.33. The van der Waals surface area contributed by atoms with E-state index in [2.05, 4.69) is 47.8 Å². The molecule has 0 heterocycles. The molecular weight excluding hydrogens is 310 g/mol. The van der Waals surface area contributed by atoms with Crippen molar-refractivity contribution < 1.29 is 9.84 Å². The average Bonchev–Trinajstić information content (AvgIpc) is 2.96. The van der Waals surface area contributed by atoms with E-state index in [1.165, 1.54) is 21.9 Å². The van der Waals surface area contributed by atoms with Crippen LogP contribution in [-0.4, -0.2) is 17.8 Å². The molecule has 0 aliphatic heterocycles. The largest absolute Gasteiger partial charge is 0.494 e. The van der Waals surface area contributed by atoms with Gasteiger partial charge in [0.15, 0.2) is 0 Å². The van der Waals surface area contributed by atoms with E-state index < -0.39 is 0 Å². The van der Waals surface area contributed by atoms with Crippen molar-refractivity contribution in [2.75, 3.05) is 6.61 Å². The molecule has 0 aromatic heterocycles. The fraction of sp³-hybridized carbons (Fsp3) is 0.273. The average molecular weight is 333 g/mol. The first-order valence-electron chi connectivity index (χ1n) is 8.90. The molecule has 2 N–H and O–H groups in total. The Morgan fingerprint density at radius 1 is 1.04 bits per heavy atom. The van der Waals surface area contributed by atoms with Crippen molar-refractivity contribution in [1.29, 1.82) is 0 Å². The second-order valence-corrected chi connectivity index (χ2v) is 6.53. The maximum atomic E-state index is 10.5. The third-order valence-corrected chi connectivity index (χ3v) is 5.00. The molecule has 0 spiro atoms. The number of rotatable bonds is 5. The lowest BCUT2D eigenvalue weighted by Crippen LogP contribution is -2.28. The fourth-order valence-corrected chi connectivity index (χ4v) is 3.82. The Kier molecular flexibility index (Phi) is 4.43. The van der Waals surface area contributed by atoms with Gasteiger partial charge in [0.25, 0.3) is 0 Å². The minimum absolute atomic E-state index is 0.0374. The predicted molar refractivity (Wildman–Crippen MR) is 101 cm³/mol. The van der Waals surface area contributed by atoms with Crippen LogP contribution in [0.15, 0.2) is 60.7 Å². The Balaban J connectivity index is 1.66. The Morgan fingerprint density at radius 3 is 2.72 bits per heavy atom. The van der Waals surface area contributed by atoms with Crippen molar-refractivity contribution in [3.05, 3.63) is 77.4 Å². The number of benzene rings is 3. The summed E-state index contributed by atoms with van der Waals surface area (Å²) >= 11 is 0. The smallest absolute Gasteiger partial charge is 0.124 e. The van der Waals surface area contributed by atoms with Crippen molar-refractivity contribution in [3.63, 3.8) is 0 Å². The van der Waals surface area contributed by atoms with Crippen LogP contribution in [0.4, 0.5) is 0 Å². The molecule has 4 rings (SSSR count). The zero-order valence-corrected chi connectivity index (χ0v) is 14.4. The summed E-state index contributed by atoms with van der Waals surface area (Å²) in [7, 11) is 0. The van der Waals surface area contributed by atoms with E-state index in [-0.39, 0.29) is 12.1 Å². The summed E-state index contributed by atoms with van der Waals surface area (Å²) in [5, 5.41) is 16.4. The normalized spacial score (nSPS) is 19.1. The molecule has 0 saturated carbocycles. The molecule has 0 unspecified atom stereocenters. The lowest BCUT2D eigenvalue weighted by atomic mass is 10.0. The topological polar surface area (TPSA) is 41.5 Å². The summed E-state index contributed by atoms with van der Waals surface area (Å²) in [4.78, 5) is 0. The second kappa shape index (κ2) is 6.87. The van der Waals surface area contributed by atoms with Gasteiger partial charge in [-0.3, -0.25) is 0 Å². The summed E-state index contributed by atoms with van der Waals surface area (Å²) in [6.07, 6.45) is 0.324. The number of nitrogens with one attached hydrogen (secondary N) is 1. The van der Waals surface area contributed by atoms with Crippen LogP contribution < -0.4 is 10.1 Å². The van der Waals surface area contributed by atoms with Crippen LogP contribution in [0.3, 0.4) is 0 Å². The monoisotopic (exact) mass is 333 g/mol. The molecule has 3 aromatic rings. The maximum Gasteiger partial charge on any atom is 0.124 e. The van der Waals surface area contributed by atoms with Crippen LogP contribution >= 0.6 is 0 Å². The van der Waals surface area contributed by atoms with E-state index in [0.29, 0.717) is 19.6 Å². The first kappa shape index (κ1) is 16.1. The van der Waals surface area contributed by atoms with Crippen LogP contribution in [0.5, 0.6) is 5.75 Å². The van der Waals surface area contributed by atoms with Gasteiger partial charge >= 0.3 is 0 Å². The molecule has 25 heavy (non-hydrogen) atoms. The van der Waals surface area contributed by atoms with Gasteiger partial charge in [0, 0.05) is 18.5 Å². The van der Waals surface area contributed by atoms with Crippen molar-refractivity contribution >= 4 is 10.8 Å². The molecule has 3 heteroatoms. The Bertz CT molecular complexity index is 890. The highest BCUT2D eigenvalue weighted by Gasteiger charge is 2.30. The number of hydrogen-bond donors (Lipinski definition) is 2.